The third-order valence-electron chi connectivity index (χ3n) is 6.03. The average Bonchev–Trinajstić information content (AvgIpc) is 2.95. The highest BCUT2D eigenvalue weighted by molar-refractivity contribution is 8.00. The summed E-state index contributed by atoms with van der Waals surface area (Å²) in [5, 5.41) is 13.3. The van der Waals surface area contributed by atoms with E-state index in [0.717, 1.165) is 26.1 Å². The molecule has 0 aromatic heterocycles. The van der Waals surface area contributed by atoms with Gasteiger partial charge in [-0.3, -0.25) is 24.6 Å². The molecule has 1 aliphatic rings. The van der Waals surface area contributed by atoms with Crippen molar-refractivity contribution in [3.8, 4) is 0 Å². The first-order valence-corrected chi connectivity index (χ1v) is 13.7. The van der Waals surface area contributed by atoms with Gasteiger partial charge < -0.3 is 5.32 Å². The molecule has 1 atom stereocenters. The Labute approximate surface area is 228 Å². The molecule has 0 bridgehead atoms. The number of nitrogens with one attached hydrogen (secondary N) is 1. The summed E-state index contributed by atoms with van der Waals surface area (Å²) in [5.41, 5.74) is 2.63. The lowest BCUT2D eigenvalue weighted by Gasteiger charge is -2.33. The van der Waals surface area contributed by atoms with Crippen LogP contribution in [0.1, 0.15) is 23.7 Å². The number of anilines is 3. The van der Waals surface area contributed by atoms with Gasteiger partial charge in [0.05, 0.1) is 21.5 Å². The minimum Gasteiger partial charge on any atom is -0.322 e. The van der Waals surface area contributed by atoms with E-state index < -0.39 is 4.92 Å². The molecule has 0 saturated carbocycles. The molecule has 0 fully saturated rings. The van der Waals surface area contributed by atoms with Gasteiger partial charge in [0.1, 0.15) is 0 Å². The number of para-hydroxylation sites is 2. The van der Waals surface area contributed by atoms with E-state index in [-0.39, 0.29) is 22.8 Å². The molecule has 1 unspecified atom stereocenters. The molecule has 2 amide bonds. The number of nitro groups is 1. The van der Waals surface area contributed by atoms with E-state index in [4.69, 9.17) is 0 Å². The SMILES string of the molecule is CCC(Sc1ccc(NC(=O)c2ccc([N+](=O)[O-])cc2)cc1)C(=O)N1c2ccccc2Sc2ccccc21. The molecule has 1 N–H and O–H groups in total. The number of nitrogens with zero attached hydrogens (tertiary/aromatic N) is 2. The Hall–Kier alpha value is -4.08. The van der Waals surface area contributed by atoms with Crippen molar-refractivity contribution in [2.75, 3.05) is 10.2 Å². The fourth-order valence-electron chi connectivity index (χ4n) is 4.11. The molecule has 38 heavy (non-hydrogen) atoms. The van der Waals surface area contributed by atoms with Gasteiger partial charge in [0.2, 0.25) is 5.91 Å². The summed E-state index contributed by atoms with van der Waals surface area (Å²) in [5.74, 6) is -0.338. The van der Waals surface area contributed by atoms with Crippen molar-refractivity contribution in [3.63, 3.8) is 0 Å². The van der Waals surface area contributed by atoms with Crippen LogP contribution in [-0.2, 0) is 4.79 Å². The monoisotopic (exact) mass is 541 g/mol. The van der Waals surface area contributed by atoms with Gasteiger partial charge in [-0.25, -0.2) is 0 Å². The Morgan fingerprint density at radius 3 is 2.03 bits per heavy atom. The lowest BCUT2D eigenvalue weighted by atomic mass is 10.2. The van der Waals surface area contributed by atoms with E-state index in [1.807, 2.05) is 72.5 Å². The van der Waals surface area contributed by atoms with Gasteiger partial charge in [0, 0.05) is 38.1 Å². The van der Waals surface area contributed by atoms with Crippen molar-refractivity contribution in [2.45, 2.75) is 33.3 Å². The summed E-state index contributed by atoms with van der Waals surface area (Å²) in [6.45, 7) is 2.00. The highest BCUT2D eigenvalue weighted by Gasteiger charge is 2.32. The van der Waals surface area contributed by atoms with Crippen LogP contribution in [0.15, 0.2) is 112 Å². The zero-order valence-corrected chi connectivity index (χ0v) is 22.0. The smallest absolute Gasteiger partial charge is 0.269 e. The van der Waals surface area contributed by atoms with E-state index in [2.05, 4.69) is 5.32 Å². The summed E-state index contributed by atoms with van der Waals surface area (Å²) < 4.78 is 0. The van der Waals surface area contributed by atoms with Crippen molar-refractivity contribution in [3.05, 3.63) is 113 Å². The number of non-ortho nitro benzene ring substituents is 1. The van der Waals surface area contributed by atoms with Crippen LogP contribution in [0.4, 0.5) is 22.7 Å². The lowest BCUT2D eigenvalue weighted by Crippen LogP contribution is -2.35. The Balaban J connectivity index is 1.30. The van der Waals surface area contributed by atoms with E-state index in [0.29, 0.717) is 17.7 Å². The molecule has 4 aromatic carbocycles. The van der Waals surface area contributed by atoms with Gasteiger partial charge in [-0.1, -0.05) is 43.0 Å². The van der Waals surface area contributed by atoms with Crippen LogP contribution in [-0.4, -0.2) is 22.0 Å². The van der Waals surface area contributed by atoms with Crippen LogP contribution in [0, 0.1) is 10.1 Å². The third kappa shape index (κ3) is 5.29. The third-order valence-corrected chi connectivity index (χ3v) is 8.52. The molecule has 0 spiro atoms. The maximum atomic E-state index is 13.9. The van der Waals surface area contributed by atoms with Crippen molar-refractivity contribution >= 4 is 58.1 Å². The van der Waals surface area contributed by atoms with Gasteiger partial charge in [0.25, 0.3) is 11.6 Å². The maximum absolute atomic E-state index is 13.9. The summed E-state index contributed by atoms with van der Waals surface area (Å²) in [6.07, 6.45) is 0.649. The molecular weight excluding hydrogens is 518 g/mol. The van der Waals surface area contributed by atoms with E-state index in [1.54, 1.807) is 23.9 Å². The van der Waals surface area contributed by atoms with E-state index >= 15 is 0 Å². The van der Waals surface area contributed by atoms with Gasteiger partial charge in [-0.15, -0.1) is 11.8 Å². The van der Waals surface area contributed by atoms with Crippen molar-refractivity contribution < 1.29 is 14.5 Å². The van der Waals surface area contributed by atoms with Crippen LogP contribution < -0.4 is 10.2 Å². The Kier molecular flexibility index (Phi) is 7.48. The molecular formula is C29H23N3O4S2. The number of amides is 2. The fourth-order valence-corrected chi connectivity index (χ4v) is 6.17. The summed E-state index contributed by atoms with van der Waals surface area (Å²) >= 11 is 3.16. The van der Waals surface area contributed by atoms with Gasteiger partial charge in [-0.2, -0.15) is 0 Å². The Bertz CT molecular complexity index is 1460. The van der Waals surface area contributed by atoms with Crippen molar-refractivity contribution in [1.82, 2.24) is 0 Å². The number of hydrogen-bond acceptors (Lipinski definition) is 6. The first-order chi connectivity index (χ1) is 18.4. The zero-order chi connectivity index (χ0) is 26.6. The molecule has 4 aromatic rings. The minimum absolute atomic E-state index is 0.0215. The van der Waals surface area contributed by atoms with Crippen LogP contribution in [0.3, 0.4) is 0 Å². The van der Waals surface area contributed by atoms with Gasteiger partial charge in [0.15, 0.2) is 0 Å². The zero-order valence-electron chi connectivity index (χ0n) is 20.4. The topological polar surface area (TPSA) is 92.5 Å². The molecule has 1 aliphatic heterocycles. The molecule has 5 rings (SSSR count). The predicted octanol–water partition coefficient (Wildman–Crippen LogP) is 7.55. The second-order valence-corrected chi connectivity index (χ2v) is 10.9. The number of nitro benzene ring substituents is 1. The molecule has 0 aliphatic carbocycles. The highest BCUT2D eigenvalue weighted by Crippen LogP contribution is 2.48. The van der Waals surface area contributed by atoms with Crippen molar-refractivity contribution in [2.24, 2.45) is 0 Å². The quantitative estimate of drug-likeness (QED) is 0.148. The normalized spacial score (nSPS) is 12.7. The second-order valence-electron chi connectivity index (χ2n) is 8.51. The van der Waals surface area contributed by atoms with Crippen LogP contribution in [0.25, 0.3) is 0 Å². The number of thioether (sulfide) groups is 1. The average molecular weight is 542 g/mol. The maximum Gasteiger partial charge on any atom is 0.269 e. The Morgan fingerprint density at radius 2 is 1.47 bits per heavy atom. The van der Waals surface area contributed by atoms with Crippen LogP contribution in [0.2, 0.25) is 0 Å². The molecule has 0 radical (unpaired) electrons. The van der Waals surface area contributed by atoms with E-state index in [1.165, 1.54) is 36.0 Å². The van der Waals surface area contributed by atoms with Gasteiger partial charge >= 0.3 is 0 Å². The van der Waals surface area contributed by atoms with Crippen LogP contribution >= 0.6 is 23.5 Å². The standard InChI is InChI=1S/C29H23N3O4S2/c1-2-25(29(34)31-23-7-3-5-9-26(23)38-27-10-6-4-8-24(27)31)37-22-17-13-20(14-18-22)30-28(33)19-11-15-21(16-12-19)32(35)36/h3-18,25H,2H2,1H3,(H,30,33). The number of carbonyl (C=O) groups excluding carboxylic acids is 2. The summed E-state index contributed by atoms with van der Waals surface area (Å²) in [7, 11) is 0. The van der Waals surface area contributed by atoms with Crippen LogP contribution in [0.5, 0.6) is 0 Å². The lowest BCUT2D eigenvalue weighted by molar-refractivity contribution is -0.384. The summed E-state index contributed by atoms with van der Waals surface area (Å²) in [6, 6.07) is 28.7. The second kappa shape index (κ2) is 11.1. The van der Waals surface area contributed by atoms with Gasteiger partial charge in [-0.05, 0) is 67.1 Å². The number of benzene rings is 4. The highest BCUT2D eigenvalue weighted by atomic mass is 32.2. The molecule has 190 valence electrons. The predicted molar refractivity (Wildman–Crippen MR) is 152 cm³/mol. The molecule has 0 saturated heterocycles. The minimum atomic E-state index is -0.506. The number of hydrogen-bond donors (Lipinski definition) is 1. The van der Waals surface area contributed by atoms with E-state index in [9.17, 15) is 19.7 Å². The number of carbonyl (C=O) groups is 2. The molecule has 7 nitrogen and oxygen atoms in total. The largest absolute Gasteiger partial charge is 0.322 e. The summed E-state index contributed by atoms with van der Waals surface area (Å²) in [4.78, 5) is 41.6. The first-order valence-electron chi connectivity index (χ1n) is 12.0. The fraction of sp³-hybridized carbons (Fsp3) is 0.103. The number of rotatable bonds is 7. The first kappa shape index (κ1) is 25.6. The van der Waals surface area contributed by atoms with Crippen molar-refractivity contribution in [1.29, 1.82) is 0 Å². The molecule has 9 heteroatoms. The number of fused-ring (bicyclic) bond motifs is 2. The molecule has 1 heterocycles. The Morgan fingerprint density at radius 1 is 0.895 bits per heavy atom.